The zero-order valence-corrected chi connectivity index (χ0v) is 14.7. The molecule has 120 valence electrons. The second kappa shape index (κ2) is 9.22. The molecule has 0 spiro atoms. The zero-order valence-electron chi connectivity index (χ0n) is 12.3. The number of hydrogen-bond donors (Lipinski definition) is 2. The van der Waals surface area contributed by atoms with Gasteiger partial charge >= 0.3 is 0 Å². The van der Waals surface area contributed by atoms with Gasteiger partial charge in [-0.2, -0.15) is 5.10 Å². The summed E-state index contributed by atoms with van der Waals surface area (Å²) in [7, 11) is 0. The quantitative estimate of drug-likeness (QED) is 0.560. The Kier molecular flexibility index (Phi) is 6.96. The van der Waals surface area contributed by atoms with Gasteiger partial charge in [-0.3, -0.25) is 9.59 Å². The zero-order chi connectivity index (χ0) is 16.5. The number of thiophene rings is 1. The topological polar surface area (TPSA) is 70.6 Å². The number of rotatable bonds is 7. The normalized spacial score (nSPS) is 10.7. The lowest BCUT2D eigenvalue weighted by Gasteiger charge is -2.04. The van der Waals surface area contributed by atoms with Gasteiger partial charge in [0.1, 0.15) is 0 Å². The van der Waals surface area contributed by atoms with Gasteiger partial charge in [-0.25, -0.2) is 5.43 Å². The number of nitrogens with one attached hydrogen (secondary N) is 2. The molecule has 0 aliphatic heterocycles. The Hall–Kier alpha value is -1.99. The van der Waals surface area contributed by atoms with E-state index < -0.39 is 0 Å². The molecule has 2 aromatic rings. The highest BCUT2D eigenvalue weighted by Gasteiger charge is 2.06. The second-order valence-corrected chi connectivity index (χ2v) is 7.19. The third kappa shape index (κ3) is 6.75. The number of nitrogens with zero attached hydrogens (tertiary/aromatic N) is 1. The smallest absolute Gasteiger partial charge is 0.240 e. The highest BCUT2D eigenvalue weighted by atomic mass is 79.9. The molecule has 1 aromatic heterocycles. The van der Waals surface area contributed by atoms with Crippen molar-refractivity contribution in [2.75, 3.05) is 0 Å². The van der Waals surface area contributed by atoms with Gasteiger partial charge < -0.3 is 5.32 Å². The molecule has 0 unspecified atom stereocenters. The maximum atomic E-state index is 11.7. The van der Waals surface area contributed by atoms with Crippen molar-refractivity contribution in [2.24, 2.45) is 5.10 Å². The fourth-order valence-corrected chi connectivity index (χ4v) is 3.03. The van der Waals surface area contributed by atoms with E-state index in [2.05, 4.69) is 31.8 Å². The number of hydrazone groups is 1. The van der Waals surface area contributed by atoms with Crippen molar-refractivity contribution in [1.82, 2.24) is 10.7 Å². The first-order valence-electron chi connectivity index (χ1n) is 7.01. The molecule has 0 fully saturated rings. The van der Waals surface area contributed by atoms with E-state index in [9.17, 15) is 9.59 Å². The summed E-state index contributed by atoms with van der Waals surface area (Å²) in [5.74, 6) is -0.443. The number of hydrogen-bond acceptors (Lipinski definition) is 4. The van der Waals surface area contributed by atoms with E-state index in [1.807, 2.05) is 42.5 Å². The molecule has 7 heteroatoms. The van der Waals surface area contributed by atoms with E-state index in [4.69, 9.17) is 0 Å². The fourth-order valence-electron chi connectivity index (χ4n) is 1.73. The molecule has 2 N–H and O–H groups in total. The highest BCUT2D eigenvalue weighted by Crippen LogP contribution is 2.20. The summed E-state index contributed by atoms with van der Waals surface area (Å²) in [5, 5.41) is 6.64. The lowest BCUT2D eigenvalue weighted by atomic mass is 10.2. The molecule has 5 nitrogen and oxygen atoms in total. The van der Waals surface area contributed by atoms with Crippen LogP contribution in [0.1, 0.15) is 23.3 Å². The summed E-state index contributed by atoms with van der Waals surface area (Å²) in [6.07, 6.45) is 1.81. The van der Waals surface area contributed by atoms with Crippen LogP contribution < -0.4 is 10.7 Å². The molecule has 1 aromatic carbocycles. The molecule has 1 heterocycles. The van der Waals surface area contributed by atoms with Crippen LogP contribution in [0.5, 0.6) is 0 Å². The number of benzene rings is 1. The maximum Gasteiger partial charge on any atom is 0.240 e. The summed E-state index contributed by atoms with van der Waals surface area (Å²) < 4.78 is 1.00. The van der Waals surface area contributed by atoms with Crippen molar-refractivity contribution >= 4 is 45.3 Å². The van der Waals surface area contributed by atoms with E-state index in [-0.39, 0.29) is 24.7 Å². The fraction of sp³-hybridized carbons (Fsp3) is 0.188. The van der Waals surface area contributed by atoms with Gasteiger partial charge in [0.15, 0.2) is 0 Å². The van der Waals surface area contributed by atoms with E-state index >= 15 is 0 Å². The van der Waals surface area contributed by atoms with Gasteiger partial charge in [-0.1, -0.05) is 30.3 Å². The minimum atomic E-state index is -0.285. The predicted molar refractivity (Wildman–Crippen MR) is 95.3 cm³/mol. The van der Waals surface area contributed by atoms with Crippen LogP contribution in [0.15, 0.2) is 51.4 Å². The number of carbonyl (C=O) groups is 2. The first-order chi connectivity index (χ1) is 11.1. The monoisotopic (exact) mass is 393 g/mol. The minimum absolute atomic E-state index is 0.103. The molecule has 0 saturated carbocycles. The van der Waals surface area contributed by atoms with Crippen molar-refractivity contribution in [3.63, 3.8) is 0 Å². The summed E-state index contributed by atoms with van der Waals surface area (Å²) in [5.41, 5.74) is 3.44. The van der Waals surface area contributed by atoms with Crippen molar-refractivity contribution in [3.05, 3.63) is 56.7 Å². The van der Waals surface area contributed by atoms with Crippen LogP contribution in [0, 0.1) is 0 Å². The van der Waals surface area contributed by atoms with Gasteiger partial charge in [-0.05, 0) is 33.6 Å². The van der Waals surface area contributed by atoms with Crippen LogP contribution in [-0.2, 0) is 16.1 Å². The van der Waals surface area contributed by atoms with Crippen LogP contribution in [0.3, 0.4) is 0 Å². The van der Waals surface area contributed by atoms with Crippen molar-refractivity contribution in [1.29, 1.82) is 0 Å². The maximum absolute atomic E-state index is 11.7. The number of halogens is 1. The summed E-state index contributed by atoms with van der Waals surface area (Å²) >= 11 is 4.86. The summed E-state index contributed by atoms with van der Waals surface area (Å²) in [4.78, 5) is 24.2. The molecule has 0 bridgehead atoms. The van der Waals surface area contributed by atoms with Crippen LogP contribution >= 0.6 is 27.3 Å². The lowest BCUT2D eigenvalue weighted by molar-refractivity contribution is -0.126. The SMILES string of the molecule is O=C(CCC(=O)NN=Cc1ccc(Br)s1)NCc1ccccc1. The molecule has 0 saturated heterocycles. The van der Waals surface area contributed by atoms with Crippen molar-refractivity contribution in [3.8, 4) is 0 Å². The average Bonchev–Trinajstić information content (AvgIpc) is 2.97. The molecular formula is C16H16BrN3O2S. The molecule has 0 aliphatic rings. The van der Waals surface area contributed by atoms with E-state index in [1.165, 1.54) is 11.3 Å². The first-order valence-corrected chi connectivity index (χ1v) is 8.62. The molecular weight excluding hydrogens is 378 g/mol. The van der Waals surface area contributed by atoms with E-state index in [0.29, 0.717) is 6.54 Å². The Morgan fingerprint density at radius 2 is 1.83 bits per heavy atom. The highest BCUT2D eigenvalue weighted by molar-refractivity contribution is 9.11. The second-order valence-electron chi connectivity index (χ2n) is 4.70. The molecule has 0 aliphatic carbocycles. The summed E-state index contributed by atoms with van der Waals surface area (Å²) in [6, 6.07) is 13.4. The van der Waals surface area contributed by atoms with E-state index in [1.54, 1.807) is 6.21 Å². The molecule has 0 radical (unpaired) electrons. The predicted octanol–water partition coefficient (Wildman–Crippen LogP) is 3.06. The van der Waals surface area contributed by atoms with Crippen molar-refractivity contribution < 1.29 is 9.59 Å². The Morgan fingerprint density at radius 3 is 2.52 bits per heavy atom. The van der Waals surface area contributed by atoms with Crippen LogP contribution in [0.2, 0.25) is 0 Å². The van der Waals surface area contributed by atoms with Gasteiger partial charge in [0.2, 0.25) is 11.8 Å². The van der Waals surface area contributed by atoms with Crippen LogP contribution in [0.25, 0.3) is 0 Å². The largest absolute Gasteiger partial charge is 0.352 e. The molecule has 2 amide bonds. The molecule has 2 rings (SSSR count). The van der Waals surface area contributed by atoms with Gasteiger partial charge in [0, 0.05) is 24.3 Å². The van der Waals surface area contributed by atoms with Gasteiger partial charge in [0.25, 0.3) is 0 Å². The van der Waals surface area contributed by atoms with E-state index in [0.717, 1.165) is 14.2 Å². The third-order valence-corrected chi connectivity index (χ3v) is 4.44. The standard InChI is InChI=1S/C16H16BrN3O2S/c17-14-7-6-13(23-14)11-19-20-16(22)9-8-15(21)18-10-12-4-2-1-3-5-12/h1-7,11H,8-10H2,(H,18,21)(H,20,22). The van der Waals surface area contributed by atoms with Crippen molar-refractivity contribution in [2.45, 2.75) is 19.4 Å². The average molecular weight is 394 g/mol. The molecule has 23 heavy (non-hydrogen) atoms. The van der Waals surface area contributed by atoms with Crippen LogP contribution in [0.4, 0.5) is 0 Å². The Morgan fingerprint density at radius 1 is 1.09 bits per heavy atom. The Balaban J connectivity index is 1.63. The number of amides is 2. The van der Waals surface area contributed by atoms with Gasteiger partial charge in [-0.15, -0.1) is 11.3 Å². The number of carbonyl (C=O) groups excluding carboxylic acids is 2. The first kappa shape index (κ1) is 17.4. The Bertz CT molecular complexity index is 686. The third-order valence-electron chi connectivity index (χ3n) is 2.89. The summed E-state index contributed by atoms with van der Waals surface area (Å²) in [6.45, 7) is 0.465. The Labute approximate surface area is 146 Å². The lowest BCUT2D eigenvalue weighted by Crippen LogP contribution is -2.25. The minimum Gasteiger partial charge on any atom is -0.352 e. The van der Waals surface area contributed by atoms with Crippen LogP contribution in [-0.4, -0.2) is 18.0 Å². The van der Waals surface area contributed by atoms with Gasteiger partial charge in [0.05, 0.1) is 10.0 Å². The molecule has 0 atom stereocenters.